The number of ether oxygens (including phenoxy) is 1. The highest BCUT2D eigenvalue weighted by atomic mass is 32.2. The third kappa shape index (κ3) is 5.36. The largest absolute Gasteiger partial charge is 0.449 e. The van der Waals surface area contributed by atoms with Crippen LogP contribution in [0.25, 0.3) is 0 Å². The van der Waals surface area contributed by atoms with Crippen molar-refractivity contribution >= 4 is 10.0 Å². The molecule has 7 nitrogen and oxygen atoms in total. The molecule has 2 aromatic carbocycles. The van der Waals surface area contributed by atoms with E-state index in [4.69, 9.17) is 9.15 Å². The van der Waals surface area contributed by atoms with Gasteiger partial charge in [0.1, 0.15) is 17.3 Å². The molecule has 3 heterocycles. The average molecular weight is 528 g/mol. The summed E-state index contributed by atoms with van der Waals surface area (Å²) in [6, 6.07) is 14.3. The van der Waals surface area contributed by atoms with E-state index < -0.39 is 26.6 Å². The van der Waals surface area contributed by atoms with Gasteiger partial charge in [-0.2, -0.15) is 4.31 Å². The Labute approximate surface area is 218 Å². The van der Waals surface area contributed by atoms with Gasteiger partial charge in [-0.3, -0.25) is 0 Å². The quantitative estimate of drug-likeness (QED) is 0.467. The lowest BCUT2D eigenvalue weighted by molar-refractivity contribution is 0.0355. The van der Waals surface area contributed by atoms with Gasteiger partial charge in [-0.1, -0.05) is 42.5 Å². The third-order valence-electron chi connectivity index (χ3n) is 7.75. The van der Waals surface area contributed by atoms with Gasteiger partial charge in [0, 0.05) is 50.4 Å². The molecule has 2 aliphatic rings. The Hall–Kier alpha value is -2.59. The molecule has 2 fully saturated rings. The molecular formula is C28H34FN3O4S. The summed E-state index contributed by atoms with van der Waals surface area (Å²) in [6.07, 6.45) is 4.31. The number of rotatable bonds is 7. The Morgan fingerprint density at radius 3 is 2.57 bits per heavy atom. The van der Waals surface area contributed by atoms with E-state index >= 15 is 4.39 Å². The number of benzene rings is 2. The highest BCUT2D eigenvalue weighted by Gasteiger charge is 2.41. The number of nitrogens with zero attached hydrogens (tertiary/aromatic N) is 2. The Kier molecular flexibility index (Phi) is 7.49. The van der Waals surface area contributed by atoms with Crippen LogP contribution in [0, 0.1) is 12.7 Å². The summed E-state index contributed by atoms with van der Waals surface area (Å²) in [4.78, 5) is 4.37. The van der Waals surface area contributed by atoms with Crippen molar-refractivity contribution in [3.63, 3.8) is 0 Å². The van der Waals surface area contributed by atoms with Gasteiger partial charge in [-0.15, -0.1) is 0 Å². The van der Waals surface area contributed by atoms with Crippen molar-refractivity contribution in [2.75, 3.05) is 13.2 Å². The van der Waals surface area contributed by atoms with Crippen LogP contribution >= 0.6 is 0 Å². The number of aryl methyl sites for hydroxylation is 1. The molecule has 9 heteroatoms. The molecule has 0 radical (unpaired) electrons. The van der Waals surface area contributed by atoms with Gasteiger partial charge in [-0.05, 0) is 49.8 Å². The molecule has 198 valence electrons. The van der Waals surface area contributed by atoms with Crippen molar-refractivity contribution in [2.45, 2.75) is 69.5 Å². The molecule has 1 aromatic heterocycles. The van der Waals surface area contributed by atoms with Crippen LogP contribution in [-0.4, -0.2) is 37.0 Å². The van der Waals surface area contributed by atoms with Crippen molar-refractivity contribution in [3.8, 4) is 0 Å². The minimum Gasteiger partial charge on any atom is -0.449 e. The number of nitrogens with one attached hydrogen (secondary N) is 1. The SMILES string of the molecule is Cc1nc(CNC2(c3ccc(CN4[C@@H](C)CC[C@H](c5ccccc5)S4(=O)=O)c(F)c3)CCOCC2)co1. The van der Waals surface area contributed by atoms with Gasteiger partial charge < -0.3 is 14.5 Å². The maximum Gasteiger partial charge on any atom is 0.221 e. The van der Waals surface area contributed by atoms with E-state index in [1.54, 1.807) is 25.3 Å². The number of sulfonamides is 1. The number of oxazole rings is 1. The molecule has 2 aliphatic heterocycles. The first-order valence-corrected chi connectivity index (χ1v) is 14.4. The standard InChI is InChI=1S/C28H34FN3O4S/c1-20-8-11-27(22-6-4-3-5-7-22)37(33,34)32(20)18-23-9-10-24(16-26(23)29)28(12-14-35-15-13-28)30-17-25-19-36-21(2)31-25/h3-7,9-10,16,19-20,27,30H,8,11-15,17-18H2,1-2H3/t20-,27+/m0/s1. The molecule has 0 unspecified atom stereocenters. The lowest BCUT2D eigenvalue weighted by Crippen LogP contribution is -2.46. The molecule has 2 atom stereocenters. The first kappa shape index (κ1) is 26.0. The molecule has 0 spiro atoms. The molecule has 0 aliphatic carbocycles. The van der Waals surface area contributed by atoms with Gasteiger partial charge in [0.05, 0.1) is 5.69 Å². The molecule has 0 amide bonds. The maximum atomic E-state index is 15.6. The topological polar surface area (TPSA) is 84.7 Å². The van der Waals surface area contributed by atoms with E-state index in [0.29, 0.717) is 50.5 Å². The molecule has 0 bridgehead atoms. The minimum atomic E-state index is -3.64. The summed E-state index contributed by atoms with van der Waals surface area (Å²) >= 11 is 0. The fourth-order valence-corrected chi connectivity index (χ4v) is 7.72. The predicted octanol–water partition coefficient (Wildman–Crippen LogP) is 4.97. The zero-order chi connectivity index (χ0) is 26.0. The van der Waals surface area contributed by atoms with E-state index in [2.05, 4.69) is 10.3 Å². The van der Waals surface area contributed by atoms with Gasteiger partial charge in [0.2, 0.25) is 10.0 Å². The molecule has 0 saturated carbocycles. The maximum absolute atomic E-state index is 15.6. The van der Waals surface area contributed by atoms with Crippen molar-refractivity contribution in [2.24, 2.45) is 0 Å². The van der Waals surface area contributed by atoms with E-state index in [-0.39, 0.29) is 12.6 Å². The Balaban J connectivity index is 1.38. The third-order valence-corrected chi connectivity index (χ3v) is 10.1. The molecule has 5 rings (SSSR count). The summed E-state index contributed by atoms with van der Waals surface area (Å²) < 4.78 is 55.2. The van der Waals surface area contributed by atoms with E-state index in [9.17, 15) is 8.42 Å². The van der Waals surface area contributed by atoms with Crippen molar-refractivity contribution in [1.82, 2.24) is 14.6 Å². The summed E-state index contributed by atoms with van der Waals surface area (Å²) in [5.74, 6) is 0.205. The minimum absolute atomic E-state index is 0.0146. The number of hydrogen-bond donors (Lipinski definition) is 1. The first-order valence-electron chi connectivity index (χ1n) is 12.9. The van der Waals surface area contributed by atoms with Crippen LogP contribution in [0.5, 0.6) is 0 Å². The smallest absolute Gasteiger partial charge is 0.221 e. The summed E-state index contributed by atoms with van der Waals surface area (Å²) in [6.45, 7) is 5.34. The fraction of sp³-hybridized carbons (Fsp3) is 0.464. The van der Waals surface area contributed by atoms with Crippen molar-refractivity contribution < 1.29 is 22.0 Å². The van der Waals surface area contributed by atoms with E-state index in [0.717, 1.165) is 23.2 Å². The van der Waals surface area contributed by atoms with Crippen LogP contribution in [0.4, 0.5) is 4.39 Å². The number of halogens is 1. The first-order chi connectivity index (χ1) is 17.8. The second-order valence-electron chi connectivity index (χ2n) is 10.1. The molecular weight excluding hydrogens is 493 g/mol. The second-order valence-corrected chi connectivity index (χ2v) is 12.2. The predicted molar refractivity (Wildman–Crippen MR) is 139 cm³/mol. The van der Waals surface area contributed by atoms with Gasteiger partial charge in [-0.25, -0.2) is 17.8 Å². The zero-order valence-electron chi connectivity index (χ0n) is 21.3. The van der Waals surface area contributed by atoms with Gasteiger partial charge >= 0.3 is 0 Å². The Morgan fingerprint density at radius 1 is 1.14 bits per heavy atom. The monoisotopic (exact) mass is 527 g/mol. The van der Waals surface area contributed by atoms with Crippen LogP contribution < -0.4 is 5.32 Å². The fourth-order valence-electron chi connectivity index (χ4n) is 5.53. The normalized spacial score (nSPS) is 23.6. The molecule has 2 saturated heterocycles. The van der Waals surface area contributed by atoms with Crippen molar-refractivity contribution in [3.05, 3.63) is 88.9 Å². The molecule has 1 N–H and O–H groups in total. The Morgan fingerprint density at radius 2 is 1.89 bits per heavy atom. The van der Waals surface area contributed by atoms with E-state index in [1.165, 1.54) is 4.31 Å². The number of hydrogen-bond acceptors (Lipinski definition) is 6. The van der Waals surface area contributed by atoms with Crippen molar-refractivity contribution in [1.29, 1.82) is 0 Å². The van der Waals surface area contributed by atoms with Gasteiger partial charge in [0.25, 0.3) is 0 Å². The average Bonchev–Trinajstić information content (AvgIpc) is 3.32. The second kappa shape index (κ2) is 10.6. The summed E-state index contributed by atoms with van der Waals surface area (Å²) in [5.41, 5.74) is 2.31. The lowest BCUT2D eigenvalue weighted by atomic mass is 9.82. The van der Waals surface area contributed by atoms with Crippen LogP contribution in [0.15, 0.2) is 59.2 Å². The van der Waals surface area contributed by atoms with Crippen LogP contribution in [-0.2, 0) is 33.4 Å². The van der Waals surface area contributed by atoms with Crippen LogP contribution in [0.3, 0.4) is 0 Å². The van der Waals surface area contributed by atoms with E-state index in [1.807, 2.05) is 43.3 Å². The Bertz CT molecular complexity index is 1320. The van der Waals surface area contributed by atoms with Crippen LogP contribution in [0.1, 0.15) is 66.1 Å². The highest BCUT2D eigenvalue weighted by Crippen LogP contribution is 2.39. The highest BCUT2D eigenvalue weighted by molar-refractivity contribution is 7.89. The lowest BCUT2D eigenvalue weighted by Gasteiger charge is -2.39. The molecule has 3 aromatic rings. The van der Waals surface area contributed by atoms with Crippen LogP contribution in [0.2, 0.25) is 0 Å². The number of aromatic nitrogens is 1. The van der Waals surface area contributed by atoms with Gasteiger partial charge in [0.15, 0.2) is 5.89 Å². The molecule has 37 heavy (non-hydrogen) atoms. The summed E-state index contributed by atoms with van der Waals surface area (Å²) in [5, 5.41) is 2.97. The summed E-state index contributed by atoms with van der Waals surface area (Å²) in [7, 11) is -3.64. The zero-order valence-corrected chi connectivity index (χ0v) is 22.1.